The van der Waals surface area contributed by atoms with Crippen LogP contribution in [-0.2, 0) is 4.79 Å². The molecule has 1 amide bonds. The summed E-state index contributed by atoms with van der Waals surface area (Å²) in [6.07, 6.45) is 3.85. The number of aromatic amines is 1. The minimum Gasteiger partial charge on any atom is -0.361 e. The molecule has 0 radical (unpaired) electrons. The van der Waals surface area contributed by atoms with Crippen LogP contribution in [0.3, 0.4) is 0 Å². The molecule has 4 aromatic rings. The Labute approximate surface area is 141 Å². The molecule has 4 rings (SSSR count). The fourth-order valence-corrected chi connectivity index (χ4v) is 3.19. The molecule has 2 N–H and O–H groups in total. The fourth-order valence-electron chi connectivity index (χ4n) is 2.39. The average Bonchev–Trinajstić information content (AvgIpc) is 3.22. The van der Waals surface area contributed by atoms with Crippen molar-refractivity contribution >= 4 is 39.9 Å². The van der Waals surface area contributed by atoms with Crippen molar-refractivity contribution < 1.29 is 4.79 Å². The molecule has 0 unspecified atom stereocenters. The molecule has 7 nitrogen and oxygen atoms in total. The Morgan fingerprint density at radius 3 is 3.17 bits per heavy atom. The Balaban J connectivity index is 1.32. The van der Waals surface area contributed by atoms with E-state index in [9.17, 15) is 4.79 Å². The number of anilines is 1. The van der Waals surface area contributed by atoms with Crippen LogP contribution in [0.2, 0.25) is 0 Å². The fraction of sp³-hybridized carbons (Fsp3) is 0.125. The first-order chi connectivity index (χ1) is 11.8. The van der Waals surface area contributed by atoms with Crippen LogP contribution < -0.4 is 5.32 Å². The molecule has 0 aliphatic heterocycles. The number of aromatic nitrogens is 5. The van der Waals surface area contributed by atoms with Gasteiger partial charge in [-0.3, -0.25) is 4.79 Å². The SMILES string of the molecule is O=C(CCSc1ccc2nncn2n1)Nc1ccc2cc[nH]c2c1. The molecule has 0 saturated carbocycles. The van der Waals surface area contributed by atoms with Crippen molar-refractivity contribution in [1.29, 1.82) is 0 Å². The van der Waals surface area contributed by atoms with Crippen molar-refractivity contribution in [1.82, 2.24) is 24.8 Å². The van der Waals surface area contributed by atoms with E-state index in [1.807, 2.05) is 42.6 Å². The molecule has 0 aliphatic rings. The number of rotatable bonds is 5. The number of hydrogen-bond donors (Lipinski definition) is 2. The molecule has 0 bridgehead atoms. The van der Waals surface area contributed by atoms with Crippen molar-refractivity contribution in [3.05, 3.63) is 48.9 Å². The van der Waals surface area contributed by atoms with Gasteiger partial charge in [-0.2, -0.15) is 9.61 Å². The van der Waals surface area contributed by atoms with E-state index in [0.717, 1.165) is 21.6 Å². The van der Waals surface area contributed by atoms with Gasteiger partial charge in [0.2, 0.25) is 5.91 Å². The highest BCUT2D eigenvalue weighted by molar-refractivity contribution is 7.99. The number of amides is 1. The third kappa shape index (κ3) is 3.09. The second-order valence-corrected chi connectivity index (χ2v) is 6.35. The van der Waals surface area contributed by atoms with Gasteiger partial charge < -0.3 is 10.3 Å². The molecular formula is C16H14N6OS. The van der Waals surface area contributed by atoms with Crippen molar-refractivity contribution in [2.24, 2.45) is 0 Å². The molecule has 0 saturated heterocycles. The predicted octanol–water partition coefficient (Wildman–Crippen LogP) is 2.73. The first-order valence-corrected chi connectivity index (χ1v) is 8.43. The molecule has 0 spiro atoms. The van der Waals surface area contributed by atoms with Crippen LogP contribution in [0.15, 0.2) is 53.9 Å². The first kappa shape index (κ1) is 14.7. The maximum Gasteiger partial charge on any atom is 0.225 e. The van der Waals surface area contributed by atoms with Gasteiger partial charge in [-0.15, -0.1) is 22.0 Å². The lowest BCUT2D eigenvalue weighted by molar-refractivity contribution is -0.115. The maximum absolute atomic E-state index is 12.1. The number of nitrogens with one attached hydrogen (secondary N) is 2. The van der Waals surface area contributed by atoms with Gasteiger partial charge in [0.05, 0.1) is 0 Å². The van der Waals surface area contributed by atoms with Gasteiger partial charge in [0, 0.05) is 29.6 Å². The summed E-state index contributed by atoms with van der Waals surface area (Å²) in [6, 6.07) is 11.6. The van der Waals surface area contributed by atoms with Crippen LogP contribution in [0.5, 0.6) is 0 Å². The average molecular weight is 338 g/mol. The topological polar surface area (TPSA) is 88.0 Å². The molecule has 3 heterocycles. The lowest BCUT2D eigenvalue weighted by atomic mass is 10.2. The van der Waals surface area contributed by atoms with Gasteiger partial charge in [-0.25, -0.2) is 0 Å². The Morgan fingerprint density at radius 1 is 1.25 bits per heavy atom. The quantitative estimate of drug-likeness (QED) is 0.546. The Kier molecular flexibility index (Phi) is 3.87. The van der Waals surface area contributed by atoms with Crippen LogP contribution in [0.1, 0.15) is 6.42 Å². The summed E-state index contributed by atoms with van der Waals surface area (Å²) >= 11 is 1.53. The zero-order valence-corrected chi connectivity index (χ0v) is 13.5. The van der Waals surface area contributed by atoms with Gasteiger partial charge in [-0.05, 0) is 35.7 Å². The van der Waals surface area contributed by atoms with Crippen molar-refractivity contribution in [2.75, 3.05) is 11.1 Å². The summed E-state index contributed by atoms with van der Waals surface area (Å²) < 4.78 is 1.62. The number of thioether (sulfide) groups is 1. The van der Waals surface area contributed by atoms with Crippen LogP contribution in [0.4, 0.5) is 5.69 Å². The lowest BCUT2D eigenvalue weighted by Crippen LogP contribution is -2.12. The number of hydrogen-bond acceptors (Lipinski definition) is 5. The Hall–Kier alpha value is -2.87. The Bertz CT molecular complexity index is 1010. The number of carbonyl (C=O) groups is 1. The lowest BCUT2D eigenvalue weighted by Gasteiger charge is -2.05. The van der Waals surface area contributed by atoms with E-state index in [0.29, 0.717) is 17.8 Å². The third-order valence-electron chi connectivity index (χ3n) is 3.56. The molecule has 8 heteroatoms. The maximum atomic E-state index is 12.1. The largest absolute Gasteiger partial charge is 0.361 e. The zero-order chi connectivity index (χ0) is 16.4. The number of nitrogens with zero attached hydrogens (tertiary/aromatic N) is 4. The molecule has 3 aromatic heterocycles. The van der Waals surface area contributed by atoms with Crippen LogP contribution in [0.25, 0.3) is 16.6 Å². The van der Waals surface area contributed by atoms with E-state index in [1.54, 1.807) is 10.8 Å². The van der Waals surface area contributed by atoms with Gasteiger partial charge in [0.25, 0.3) is 0 Å². The highest BCUT2D eigenvalue weighted by atomic mass is 32.2. The normalized spacial score (nSPS) is 11.2. The van der Waals surface area contributed by atoms with Gasteiger partial charge in [0.1, 0.15) is 11.4 Å². The van der Waals surface area contributed by atoms with E-state index >= 15 is 0 Å². The molecule has 0 atom stereocenters. The van der Waals surface area contributed by atoms with Gasteiger partial charge >= 0.3 is 0 Å². The minimum absolute atomic E-state index is 0.0150. The molecular weight excluding hydrogens is 324 g/mol. The first-order valence-electron chi connectivity index (χ1n) is 7.45. The molecule has 120 valence electrons. The van der Waals surface area contributed by atoms with E-state index in [2.05, 4.69) is 25.6 Å². The summed E-state index contributed by atoms with van der Waals surface area (Å²) in [4.78, 5) is 15.2. The van der Waals surface area contributed by atoms with Crippen LogP contribution in [0, 0.1) is 0 Å². The number of benzene rings is 1. The second kappa shape index (κ2) is 6.32. The third-order valence-corrected chi connectivity index (χ3v) is 4.48. The van der Waals surface area contributed by atoms with Gasteiger partial charge in [0.15, 0.2) is 5.65 Å². The molecule has 0 fully saturated rings. The summed E-state index contributed by atoms with van der Waals surface area (Å²) in [5, 5.41) is 16.9. The summed E-state index contributed by atoms with van der Waals surface area (Å²) in [5.41, 5.74) is 2.51. The van der Waals surface area contributed by atoms with Crippen molar-refractivity contribution in [3.63, 3.8) is 0 Å². The number of fused-ring (bicyclic) bond motifs is 2. The minimum atomic E-state index is -0.0150. The number of H-pyrrole nitrogens is 1. The van der Waals surface area contributed by atoms with Crippen molar-refractivity contribution in [2.45, 2.75) is 11.4 Å². The van der Waals surface area contributed by atoms with E-state index in [-0.39, 0.29) is 5.91 Å². The summed E-state index contributed by atoms with van der Waals surface area (Å²) in [7, 11) is 0. The number of carbonyl (C=O) groups excluding carboxylic acids is 1. The summed E-state index contributed by atoms with van der Waals surface area (Å²) in [6.45, 7) is 0. The van der Waals surface area contributed by atoms with E-state index in [4.69, 9.17) is 0 Å². The highest BCUT2D eigenvalue weighted by Gasteiger charge is 2.06. The van der Waals surface area contributed by atoms with Crippen LogP contribution >= 0.6 is 11.8 Å². The monoisotopic (exact) mass is 338 g/mol. The van der Waals surface area contributed by atoms with Crippen LogP contribution in [-0.4, -0.2) is 36.5 Å². The molecule has 24 heavy (non-hydrogen) atoms. The van der Waals surface area contributed by atoms with E-state index in [1.165, 1.54) is 11.8 Å². The Morgan fingerprint density at radius 2 is 2.21 bits per heavy atom. The van der Waals surface area contributed by atoms with E-state index < -0.39 is 0 Å². The predicted molar refractivity (Wildman–Crippen MR) is 93.1 cm³/mol. The zero-order valence-electron chi connectivity index (χ0n) is 12.6. The standard InChI is InChI=1S/C16H14N6OS/c23-15(19-12-2-1-11-5-7-17-13(11)9-12)6-8-24-16-4-3-14-20-18-10-22(14)21-16/h1-5,7,9-10,17H,6,8H2,(H,19,23). The smallest absolute Gasteiger partial charge is 0.225 e. The van der Waals surface area contributed by atoms with Gasteiger partial charge in [-0.1, -0.05) is 6.07 Å². The highest BCUT2D eigenvalue weighted by Crippen LogP contribution is 2.19. The second-order valence-electron chi connectivity index (χ2n) is 5.23. The van der Waals surface area contributed by atoms with Crippen molar-refractivity contribution in [3.8, 4) is 0 Å². The molecule has 1 aromatic carbocycles. The summed E-state index contributed by atoms with van der Waals surface area (Å²) in [5.74, 6) is 0.635. The molecule has 0 aliphatic carbocycles.